The van der Waals surface area contributed by atoms with Crippen LogP contribution in [0.1, 0.15) is 16.7 Å². The van der Waals surface area contributed by atoms with Crippen molar-refractivity contribution in [2.24, 2.45) is 5.92 Å². The fourth-order valence-electron chi connectivity index (χ4n) is 5.42. The summed E-state index contributed by atoms with van der Waals surface area (Å²) >= 11 is 6.20. The minimum Gasteiger partial charge on any atom is -0.309 e. The van der Waals surface area contributed by atoms with Gasteiger partial charge in [0.25, 0.3) is 0 Å². The van der Waals surface area contributed by atoms with Crippen LogP contribution in [0.5, 0.6) is 0 Å². The maximum atomic E-state index is 13.3. The molecule has 0 aliphatic heterocycles. The third-order valence-electron chi connectivity index (χ3n) is 7.13. The van der Waals surface area contributed by atoms with Crippen LogP contribution in [-0.2, 0) is 24.1 Å². The van der Waals surface area contributed by atoms with Crippen molar-refractivity contribution in [2.45, 2.75) is 19.3 Å². The maximum Gasteiger partial charge on any atom is 0.141 e. The minimum absolute atomic E-state index is 0.0589. The fraction of sp³-hybridized carbons (Fsp3) is 0.121. The smallest absolute Gasteiger partial charge is 0.141 e. The number of carbonyl (C=O) groups is 1. The topological polar surface area (TPSA) is 22.0 Å². The first kappa shape index (κ1) is 22.6. The molecular weight excluding hydrogens is 462 g/mol. The van der Waals surface area contributed by atoms with Crippen LogP contribution in [0, 0.1) is 5.92 Å². The van der Waals surface area contributed by atoms with Crippen LogP contribution in [0.4, 0.5) is 0 Å². The highest BCUT2D eigenvalue weighted by molar-refractivity contribution is 6.30. The van der Waals surface area contributed by atoms with Crippen molar-refractivity contribution in [3.8, 4) is 28.2 Å². The summed E-state index contributed by atoms with van der Waals surface area (Å²) in [5, 5.41) is 0.693. The van der Waals surface area contributed by atoms with E-state index in [1.54, 1.807) is 0 Å². The van der Waals surface area contributed by atoms with Gasteiger partial charge in [0.15, 0.2) is 0 Å². The van der Waals surface area contributed by atoms with Gasteiger partial charge in [0, 0.05) is 23.0 Å². The average Bonchev–Trinajstić information content (AvgIpc) is 3.30. The molecule has 1 atom stereocenters. The van der Waals surface area contributed by atoms with E-state index in [-0.39, 0.29) is 11.7 Å². The van der Waals surface area contributed by atoms with Gasteiger partial charge in [-0.3, -0.25) is 4.79 Å². The van der Waals surface area contributed by atoms with Crippen LogP contribution in [0.3, 0.4) is 0 Å². The van der Waals surface area contributed by atoms with Crippen LogP contribution < -0.4 is 0 Å². The Morgan fingerprint density at radius 2 is 1.36 bits per heavy atom. The summed E-state index contributed by atoms with van der Waals surface area (Å²) in [6, 6.07) is 39.8. The second-order valence-corrected chi connectivity index (χ2v) is 9.90. The van der Waals surface area contributed by atoms with Crippen molar-refractivity contribution in [1.82, 2.24) is 4.57 Å². The molecule has 3 heteroatoms. The molecular formula is C33H26ClNO. The molecule has 2 nitrogen and oxygen atoms in total. The molecule has 36 heavy (non-hydrogen) atoms. The number of benzene rings is 4. The first-order valence-electron chi connectivity index (χ1n) is 12.4. The Labute approximate surface area is 216 Å². The highest BCUT2D eigenvalue weighted by Crippen LogP contribution is 2.38. The summed E-state index contributed by atoms with van der Waals surface area (Å²) in [7, 11) is 0. The van der Waals surface area contributed by atoms with E-state index in [4.69, 9.17) is 11.6 Å². The number of carbonyl (C=O) groups excluding carboxylic acids is 1. The summed E-state index contributed by atoms with van der Waals surface area (Å²) < 4.78 is 2.35. The number of ketones is 1. The van der Waals surface area contributed by atoms with E-state index in [0.717, 1.165) is 40.2 Å². The molecule has 0 amide bonds. The standard InChI is InChI=1S/C33H26ClNO/c34-29-17-16-25-18-27(32(36)22-26(25)20-29)19-28-21-31(23-10-4-1-5-11-23)35(30-14-8-3-9-15-30)33(28)24-12-6-2-7-13-24/h1-17,20-21,27H,18-19,22H2. The molecule has 0 saturated carbocycles. The zero-order valence-corrected chi connectivity index (χ0v) is 20.7. The summed E-state index contributed by atoms with van der Waals surface area (Å²) in [6.45, 7) is 0. The number of nitrogens with zero attached hydrogens (tertiary/aromatic N) is 1. The van der Waals surface area contributed by atoms with Gasteiger partial charge in [-0.2, -0.15) is 0 Å². The van der Waals surface area contributed by atoms with Crippen molar-refractivity contribution in [3.05, 3.63) is 137 Å². The monoisotopic (exact) mass is 487 g/mol. The summed E-state index contributed by atoms with van der Waals surface area (Å²) in [5.41, 5.74) is 9.18. The molecule has 0 spiro atoms. The van der Waals surface area contributed by atoms with Crippen LogP contribution in [-0.4, -0.2) is 10.4 Å². The molecule has 5 aromatic rings. The van der Waals surface area contributed by atoms with Crippen LogP contribution in [0.15, 0.2) is 115 Å². The number of aromatic nitrogens is 1. The molecule has 0 bridgehead atoms. The number of hydrogen-bond acceptors (Lipinski definition) is 1. The van der Waals surface area contributed by atoms with Crippen molar-refractivity contribution in [3.63, 3.8) is 0 Å². The molecule has 1 aliphatic rings. The van der Waals surface area contributed by atoms with E-state index in [2.05, 4.69) is 89.5 Å². The van der Waals surface area contributed by atoms with E-state index in [9.17, 15) is 4.79 Å². The first-order chi connectivity index (χ1) is 17.7. The van der Waals surface area contributed by atoms with E-state index >= 15 is 0 Å². The molecule has 0 N–H and O–H groups in total. The van der Waals surface area contributed by atoms with Gasteiger partial charge in [-0.1, -0.05) is 96.5 Å². The highest BCUT2D eigenvalue weighted by Gasteiger charge is 2.29. The number of fused-ring (bicyclic) bond motifs is 1. The Bertz CT molecular complexity index is 1520. The predicted molar refractivity (Wildman–Crippen MR) is 148 cm³/mol. The van der Waals surface area contributed by atoms with Crippen molar-refractivity contribution >= 4 is 17.4 Å². The molecule has 0 radical (unpaired) electrons. The van der Waals surface area contributed by atoms with Crippen LogP contribution in [0.2, 0.25) is 5.02 Å². The van der Waals surface area contributed by atoms with Crippen molar-refractivity contribution < 1.29 is 4.79 Å². The van der Waals surface area contributed by atoms with Gasteiger partial charge in [0.1, 0.15) is 5.78 Å². The van der Waals surface area contributed by atoms with Crippen LogP contribution in [0.25, 0.3) is 28.2 Å². The molecule has 0 saturated heterocycles. The maximum absolute atomic E-state index is 13.3. The zero-order chi connectivity index (χ0) is 24.5. The molecule has 1 aromatic heterocycles. The van der Waals surface area contributed by atoms with Crippen LogP contribution >= 0.6 is 11.6 Å². The Morgan fingerprint density at radius 1 is 0.722 bits per heavy atom. The van der Waals surface area contributed by atoms with Gasteiger partial charge >= 0.3 is 0 Å². The SMILES string of the molecule is O=C1Cc2cc(Cl)ccc2CC1Cc1cc(-c2ccccc2)n(-c2ccccc2)c1-c1ccccc1. The summed E-state index contributed by atoms with van der Waals surface area (Å²) in [4.78, 5) is 13.3. The lowest BCUT2D eigenvalue weighted by molar-refractivity contribution is -0.122. The Balaban J connectivity index is 1.51. The van der Waals surface area contributed by atoms with Crippen molar-refractivity contribution in [2.75, 3.05) is 0 Å². The highest BCUT2D eigenvalue weighted by atomic mass is 35.5. The average molecular weight is 488 g/mol. The second-order valence-electron chi connectivity index (χ2n) is 9.47. The zero-order valence-electron chi connectivity index (χ0n) is 19.9. The van der Waals surface area contributed by atoms with Gasteiger partial charge in [-0.15, -0.1) is 0 Å². The van der Waals surface area contributed by atoms with Gasteiger partial charge < -0.3 is 4.57 Å². The molecule has 1 aliphatic carbocycles. The minimum atomic E-state index is -0.0589. The normalized spacial score (nSPS) is 15.0. The molecule has 6 rings (SSSR count). The first-order valence-corrected chi connectivity index (χ1v) is 12.8. The molecule has 1 heterocycles. The van der Waals surface area contributed by atoms with E-state index in [1.165, 1.54) is 11.1 Å². The molecule has 176 valence electrons. The third kappa shape index (κ3) is 4.29. The Hall–Kier alpha value is -3.88. The Morgan fingerprint density at radius 3 is 2.06 bits per heavy atom. The summed E-state index contributed by atoms with van der Waals surface area (Å²) in [6.07, 6.45) is 1.90. The number of rotatable bonds is 5. The predicted octanol–water partition coefficient (Wildman–Crippen LogP) is 7.99. The van der Waals surface area contributed by atoms with Gasteiger partial charge in [-0.05, 0) is 71.0 Å². The van der Waals surface area contributed by atoms with E-state index in [1.807, 2.05) is 30.3 Å². The second kappa shape index (κ2) is 9.64. The number of para-hydroxylation sites is 1. The summed E-state index contributed by atoms with van der Waals surface area (Å²) in [5.74, 6) is 0.230. The van der Waals surface area contributed by atoms with E-state index in [0.29, 0.717) is 17.9 Å². The van der Waals surface area contributed by atoms with E-state index < -0.39 is 0 Å². The lowest BCUT2D eigenvalue weighted by atomic mass is 9.79. The van der Waals surface area contributed by atoms with Gasteiger partial charge in [0.2, 0.25) is 0 Å². The fourth-order valence-corrected chi connectivity index (χ4v) is 5.61. The lowest BCUT2D eigenvalue weighted by Crippen LogP contribution is -2.27. The quantitative estimate of drug-likeness (QED) is 0.246. The Kier molecular flexibility index (Phi) is 6.04. The number of halogens is 1. The number of hydrogen-bond donors (Lipinski definition) is 0. The van der Waals surface area contributed by atoms with Gasteiger partial charge in [-0.25, -0.2) is 0 Å². The molecule has 4 aromatic carbocycles. The largest absolute Gasteiger partial charge is 0.309 e. The third-order valence-corrected chi connectivity index (χ3v) is 7.37. The molecule has 0 fully saturated rings. The van der Waals surface area contributed by atoms with Gasteiger partial charge in [0.05, 0.1) is 11.4 Å². The lowest BCUT2D eigenvalue weighted by Gasteiger charge is -2.24. The molecule has 1 unspecified atom stereocenters. The number of Topliss-reactive ketones (excluding diaryl/α,β-unsaturated/α-hetero) is 1. The van der Waals surface area contributed by atoms with Crippen molar-refractivity contribution in [1.29, 1.82) is 0 Å².